The van der Waals surface area contributed by atoms with Crippen LogP contribution in [0.1, 0.15) is 38.2 Å². The van der Waals surface area contributed by atoms with Crippen LogP contribution in [0.15, 0.2) is 30.5 Å². The van der Waals surface area contributed by atoms with Crippen LogP contribution in [0.4, 0.5) is 4.79 Å². The SMILES string of the molecule is C[C@@H]1CCCC[C@H]1NC(=O)CNC(=O)N[C@@H](Cc1c[nH]c2ccccc12)C(=O)O. The standard InChI is InChI=1S/C21H28N4O4/c1-13-6-2-4-8-16(13)24-19(26)12-23-21(29)25-18(20(27)28)10-14-11-22-17-9-5-3-7-15(14)17/h3,5,7,9,11,13,16,18,22H,2,4,6,8,10,12H2,1H3,(H,24,26)(H,27,28)(H2,23,25,29)/t13-,16-,18+/m1/s1. The average molecular weight is 400 g/mol. The number of H-pyrrole nitrogens is 1. The molecule has 1 fully saturated rings. The van der Waals surface area contributed by atoms with Crippen molar-refractivity contribution in [1.29, 1.82) is 0 Å². The van der Waals surface area contributed by atoms with Crippen LogP contribution in [0.5, 0.6) is 0 Å². The molecule has 0 unspecified atom stereocenters. The third kappa shape index (κ3) is 5.49. The van der Waals surface area contributed by atoms with Crippen molar-refractivity contribution in [2.75, 3.05) is 6.54 Å². The molecular weight excluding hydrogens is 372 g/mol. The second-order valence-corrected chi connectivity index (χ2v) is 7.72. The Bertz CT molecular complexity index is 878. The first-order valence-electron chi connectivity index (χ1n) is 10.1. The minimum atomic E-state index is -1.13. The number of hydrogen-bond acceptors (Lipinski definition) is 3. The maximum atomic E-state index is 12.1. The fourth-order valence-electron chi connectivity index (χ4n) is 3.88. The third-order valence-electron chi connectivity index (χ3n) is 5.57. The number of amides is 3. The van der Waals surface area contributed by atoms with Crippen molar-refractivity contribution in [3.8, 4) is 0 Å². The van der Waals surface area contributed by atoms with E-state index in [1.54, 1.807) is 6.20 Å². The van der Waals surface area contributed by atoms with Gasteiger partial charge in [0.25, 0.3) is 0 Å². The monoisotopic (exact) mass is 400 g/mol. The van der Waals surface area contributed by atoms with E-state index in [1.807, 2.05) is 24.3 Å². The summed E-state index contributed by atoms with van der Waals surface area (Å²) in [6, 6.07) is 5.93. The number of carbonyl (C=O) groups is 3. The first kappa shape index (κ1) is 20.7. The largest absolute Gasteiger partial charge is 0.480 e. The normalized spacial score (nSPS) is 20.0. The fourth-order valence-corrected chi connectivity index (χ4v) is 3.88. The molecule has 3 atom stereocenters. The Kier molecular flexibility index (Phi) is 6.74. The highest BCUT2D eigenvalue weighted by Gasteiger charge is 2.24. The molecule has 0 saturated heterocycles. The Hall–Kier alpha value is -3.03. The van der Waals surface area contributed by atoms with Crippen LogP contribution < -0.4 is 16.0 Å². The topological polar surface area (TPSA) is 123 Å². The summed E-state index contributed by atoms with van der Waals surface area (Å²) in [5.41, 5.74) is 1.71. The van der Waals surface area contributed by atoms with E-state index < -0.39 is 18.0 Å². The lowest BCUT2D eigenvalue weighted by atomic mass is 9.86. The van der Waals surface area contributed by atoms with Gasteiger partial charge in [0, 0.05) is 29.6 Å². The Morgan fingerprint density at radius 1 is 1.21 bits per heavy atom. The number of aliphatic carboxylic acids is 1. The number of aromatic nitrogens is 1. The lowest BCUT2D eigenvalue weighted by Gasteiger charge is -2.29. The molecule has 3 rings (SSSR count). The maximum Gasteiger partial charge on any atom is 0.326 e. The number of urea groups is 1. The highest BCUT2D eigenvalue weighted by molar-refractivity contribution is 5.88. The molecule has 29 heavy (non-hydrogen) atoms. The number of benzene rings is 1. The van der Waals surface area contributed by atoms with Gasteiger partial charge in [-0.25, -0.2) is 9.59 Å². The van der Waals surface area contributed by atoms with Crippen molar-refractivity contribution >= 4 is 28.8 Å². The number of rotatable bonds is 7. The number of fused-ring (bicyclic) bond motifs is 1. The van der Waals surface area contributed by atoms with Crippen molar-refractivity contribution in [2.24, 2.45) is 5.92 Å². The van der Waals surface area contributed by atoms with Crippen molar-refractivity contribution in [2.45, 2.75) is 51.1 Å². The van der Waals surface area contributed by atoms with Crippen LogP contribution in [0, 0.1) is 5.92 Å². The predicted molar refractivity (Wildman–Crippen MR) is 110 cm³/mol. The summed E-state index contributed by atoms with van der Waals surface area (Å²) in [6.45, 7) is 1.93. The van der Waals surface area contributed by atoms with Crippen molar-refractivity contribution < 1.29 is 19.5 Å². The van der Waals surface area contributed by atoms with E-state index in [1.165, 1.54) is 6.42 Å². The number of carbonyl (C=O) groups excluding carboxylic acids is 2. The lowest BCUT2D eigenvalue weighted by molar-refractivity contribution is -0.139. The molecule has 1 aromatic heterocycles. The highest BCUT2D eigenvalue weighted by atomic mass is 16.4. The third-order valence-corrected chi connectivity index (χ3v) is 5.57. The van der Waals surface area contributed by atoms with Gasteiger partial charge in [-0.2, -0.15) is 0 Å². The summed E-state index contributed by atoms with van der Waals surface area (Å²) in [5, 5.41) is 18.3. The molecule has 2 aromatic rings. The summed E-state index contributed by atoms with van der Waals surface area (Å²) < 4.78 is 0. The molecule has 1 aliphatic carbocycles. The zero-order valence-electron chi connectivity index (χ0n) is 16.5. The number of hydrogen-bond donors (Lipinski definition) is 5. The van der Waals surface area contributed by atoms with E-state index >= 15 is 0 Å². The number of carboxylic acid groups (broad SMARTS) is 1. The molecule has 3 amide bonds. The van der Waals surface area contributed by atoms with Gasteiger partial charge in [-0.15, -0.1) is 0 Å². The summed E-state index contributed by atoms with van der Waals surface area (Å²) in [6.07, 6.45) is 6.20. The van der Waals surface area contributed by atoms with Crippen molar-refractivity contribution in [3.63, 3.8) is 0 Å². The van der Waals surface area contributed by atoms with Gasteiger partial charge in [-0.05, 0) is 30.4 Å². The molecule has 1 aliphatic rings. The minimum Gasteiger partial charge on any atom is -0.480 e. The lowest BCUT2D eigenvalue weighted by Crippen LogP contribution is -2.50. The molecule has 0 bridgehead atoms. The molecule has 5 N–H and O–H groups in total. The molecule has 8 heteroatoms. The molecule has 1 saturated carbocycles. The summed E-state index contributed by atoms with van der Waals surface area (Å²) in [5.74, 6) is -0.970. The van der Waals surface area contributed by atoms with Crippen LogP contribution in [0.3, 0.4) is 0 Å². The first-order valence-corrected chi connectivity index (χ1v) is 10.1. The Morgan fingerprint density at radius 3 is 2.72 bits per heavy atom. The molecule has 0 aliphatic heterocycles. The van der Waals surface area contributed by atoms with Crippen LogP contribution in [-0.4, -0.2) is 46.6 Å². The van der Waals surface area contributed by atoms with Gasteiger partial charge in [0.05, 0.1) is 6.54 Å². The van der Waals surface area contributed by atoms with Gasteiger partial charge in [0.1, 0.15) is 6.04 Å². The van der Waals surface area contributed by atoms with Gasteiger partial charge < -0.3 is 26.0 Å². The molecule has 156 valence electrons. The quantitative estimate of drug-likeness (QED) is 0.489. The molecule has 1 aromatic carbocycles. The summed E-state index contributed by atoms with van der Waals surface area (Å²) >= 11 is 0. The second-order valence-electron chi connectivity index (χ2n) is 7.72. The van der Waals surface area contributed by atoms with E-state index in [0.29, 0.717) is 5.92 Å². The minimum absolute atomic E-state index is 0.134. The van der Waals surface area contributed by atoms with Gasteiger partial charge in [-0.3, -0.25) is 4.79 Å². The molecule has 0 radical (unpaired) electrons. The van der Waals surface area contributed by atoms with Gasteiger partial charge >= 0.3 is 12.0 Å². The van der Waals surface area contributed by atoms with Crippen LogP contribution in [-0.2, 0) is 16.0 Å². The van der Waals surface area contributed by atoms with Crippen molar-refractivity contribution in [3.05, 3.63) is 36.0 Å². The summed E-state index contributed by atoms with van der Waals surface area (Å²) in [7, 11) is 0. The van der Waals surface area contributed by atoms with Crippen LogP contribution in [0.25, 0.3) is 10.9 Å². The predicted octanol–water partition coefficient (Wildman–Crippen LogP) is 2.16. The van der Waals surface area contributed by atoms with E-state index in [9.17, 15) is 19.5 Å². The molecule has 0 spiro atoms. The maximum absolute atomic E-state index is 12.1. The number of nitrogens with one attached hydrogen (secondary N) is 4. The average Bonchev–Trinajstić information content (AvgIpc) is 3.10. The van der Waals surface area contributed by atoms with Gasteiger partial charge in [0.15, 0.2) is 0 Å². The second kappa shape index (κ2) is 9.45. The van der Waals surface area contributed by atoms with E-state index in [-0.39, 0.29) is 24.9 Å². The first-order chi connectivity index (χ1) is 13.9. The molecular formula is C21H28N4O4. The zero-order valence-corrected chi connectivity index (χ0v) is 16.5. The van der Waals surface area contributed by atoms with Crippen LogP contribution >= 0.6 is 0 Å². The Labute approximate surface area is 169 Å². The zero-order chi connectivity index (χ0) is 20.8. The number of carboxylic acids is 1. The number of aromatic amines is 1. The molecule has 1 heterocycles. The fraction of sp³-hybridized carbons (Fsp3) is 0.476. The molecule has 8 nitrogen and oxygen atoms in total. The van der Waals surface area contributed by atoms with E-state index in [4.69, 9.17) is 0 Å². The smallest absolute Gasteiger partial charge is 0.326 e. The summed E-state index contributed by atoms with van der Waals surface area (Å²) in [4.78, 5) is 38.9. The highest BCUT2D eigenvalue weighted by Crippen LogP contribution is 2.23. The van der Waals surface area contributed by atoms with Gasteiger partial charge in [0.2, 0.25) is 5.91 Å². The Morgan fingerprint density at radius 2 is 1.97 bits per heavy atom. The van der Waals surface area contributed by atoms with Crippen molar-refractivity contribution in [1.82, 2.24) is 20.9 Å². The van der Waals surface area contributed by atoms with E-state index in [0.717, 1.165) is 35.7 Å². The van der Waals surface area contributed by atoms with Crippen LogP contribution in [0.2, 0.25) is 0 Å². The van der Waals surface area contributed by atoms with E-state index in [2.05, 4.69) is 27.9 Å². The van der Waals surface area contributed by atoms with Gasteiger partial charge in [-0.1, -0.05) is 38.0 Å². The Balaban J connectivity index is 1.50. The number of para-hydroxylation sites is 1.